The second kappa shape index (κ2) is 7.25. The molecular formula is C19H20O6. The minimum absolute atomic E-state index is 0.130. The number of hydrogen-bond acceptors (Lipinski definition) is 6. The number of aromatic hydroxyl groups is 1. The maximum atomic E-state index is 10.5. The van der Waals surface area contributed by atoms with Crippen LogP contribution in [0.1, 0.15) is 11.1 Å². The predicted octanol–water partition coefficient (Wildman–Crippen LogP) is 1.38. The highest BCUT2D eigenvalue weighted by atomic mass is 16.7. The molecule has 1 aliphatic rings. The highest BCUT2D eigenvalue weighted by molar-refractivity contribution is 5.73. The van der Waals surface area contributed by atoms with Gasteiger partial charge in [0.2, 0.25) is 0 Å². The summed E-state index contributed by atoms with van der Waals surface area (Å²) < 4.78 is 10.6. The van der Waals surface area contributed by atoms with Crippen molar-refractivity contribution in [1.82, 2.24) is 0 Å². The van der Waals surface area contributed by atoms with Gasteiger partial charge in [0.15, 0.2) is 0 Å². The van der Waals surface area contributed by atoms with Gasteiger partial charge >= 0.3 is 0 Å². The molecule has 2 aromatic rings. The van der Waals surface area contributed by atoms with E-state index in [1.165, 1.54) is 0 Å². The second-order valence-corrected chi connectivity index (χ2v) is 5.89. The van der Waals surface area contributed by atoms with Crippen LogP contribution in [0.2, 0.25) is 0 Å². The van der Waals surface area contributed by atoms with Crippen LogP contribution >= 0.6 is 0 Å². The number of para-hydroxylation sites is 1. The Labute approximate surface area is 145 Å². The van der Waals surface area contributed by atoms with Gasteiger partial charge in [-0.15, -0.1) is 0 Å². The molecular weight excluding hydrogens is 324 g/mol. The Morgan fingerprint density at radius 3 is 2.44 bits per heavy atom. The molecule has 3 rings (SSSR count). The SMILES string of the molecule is Oc1cccc(/C=C/c2ccccc2OC2(O)C(O)COCC2O)c1. The molecule has 25 heavy (non-hydrogen) atoms. The van der Waals surface area contributed by atoms with Crippen molar-refractivity contribution in [2.45, 2.75) is 18.0 Å². The average molecular weight is 344 g/mol. The van der Waals surface area contributed by atoms with Crippen LogP contribution in [-0.2, 0) is 4.74 Å². The molecule has 2 unspecified atom stereocenters. The number of phenols is 1. The summed E-state index contributed by atoms with van der Waals surface area (Å²) >= 11 is 0. The first-order valence-corrected chi connectivity index (χ1v) is 7.90. The van der Waals surface area contributed by atoms with Gasteiger partial charge in [-0.05, 0) is 23.8 Å². The van der Waals surface area contributed by atoms with Crippen LogP contribution in [0.25, 0.3) is 12.2 Å². The van der Waals surface area contributed by atoms with Crippen LogP contribution in [0.5, 0.6) is 11.5 Å². The maximum absolute atomic E-state index is 10.5. The Hall–Kier alpha value is -2.38. The summed E-state index contributed by atoms with van der Waals surface area (Å²) in [7, 11) is 0. The minimum atomic E-state index is -2.15. The number of aliphatic hydroxyl groups is 3. The minimum Gasteiger partial charge on any atom is -0.508 e. The van der Waals surface area contributed by atoms with Gasteiger partial charge in [0, 0.05) is 5.56 Å². The van der Waals surface area contributed by atoms with Gasteiger partial charge in [-0.2, -0.15) is 0 Å². The third-order valence-corrected chi connectivity index (χ3v) is 4.02. The molecule has 0 spiro atoms. The Morgan fingerprint density at radius 1 is 1.00 bits per heavy atom. The summed E-state index contributed by atoms with van der Waals surface area (Å²) in [5, 5.41) is 40.0. The van der Waals surface area contributed by atoms with E-state index in [4.69, 9.17) is 9.47 Å². The van der Waals surface area contributed by atoms with E-state index in [0.29, 0.717) is 11.3 Å². The third-order valence-electron chi connectivity index (χ3n) is 4.02. The zero-order valence-corrected chi connectivity index (χ0v) is 13.4. The zero-order chi connectivity index (χ0) is 17.9. The molecule has 1 saturated heterocycles. The van der Waals surface area contributed by atoms with Crippen molar-refractivity contribution >= 4 is 12.2 Å². The first-order chi connectivity index (χ1) is 12.0. The molecule has 0 amide bonds. The van der Waals surface area contributed by atoms with E-state index >= 15 is 0 Å². The fraction of sp³-hybridized carbons (Fsp3) is 0.263. The molecule has 1 fully saturated rings. The van der Waals surface area contributed by atoms with Crippen molar-refractivity contribution in [3.63, 3.8) is 0 Å². The summed E-state index contributed by atoms with van der Waals surface area (Å²) in [4.78, 5) is 0. The molecule has 0 aromatic heterocycles. The number of benzene rings is 2. The third kappa shape index (κ3) is 3.83. The lowest BCUT2D eigenvalue weighted by molar-refractivity contribution is -0.298. The molecule has 4 N–H and O–H groups in total. The molecule has 6 heteroatoms. The van der Waals surface area contributed by atoms with E-state index in [9.17, 15) is 20.4 Å². The number of aliphatic hydroxyl groups excluding tert-OH is 2. The van der Waals surface area contributed by atoms with Crippen LogP contribution in [0.3, 0.4) is 0 Å². The Bertz CT molecular complexity index is 747. The lowest BCUT2D eigenvalue weighted by Crippen LogP contribution is -2.63. The first kappa shape index (κ1) is 17.4. The van der Waals surface area contributed by atoms with Crippen molar-refractivity contribution in [3.05, 3.63) is 59.7 Å². The van der Waals surface area contributed by atoms with Crippen molar-refractivity contribution in [3.8, 4) is 11.5 Å². The largest absolute Gasteiger partial charge is 0.508 e. The number of phenolic OH excluding ortho intramolecular Hbond substituents is 1. The summed E-state index contributed by atoms with van der Waals surface area (Å²) in [6, 6.07) is 13.7. The summed E-state index contributed by atoms with van der Waals surface area (Å²) in [5.41, 5.74) is 1.44. The van der Waals surface area contributed by atoms with Crippen LogP contribution in [-0.4, -0.2) is 51.6 Å². The van der Waals surface area contributed by atoms with E-state index in [1.54, 1.807) is 54.6 Å². The van der Waals surface area contributed by atoms with E-state index in [-0.39, 0.29) is 19.0 Å². The fourth-order valence-electron chi connectivity index (χ4n) is 2.59. The van der Waals surface area contributed by atoms with Gasteiger partial charge < -0.3 is 29.9 Å². The van der Waals surface area contributed by atoms with E-state index in [2.05, 4.69) is 0 Å². The smallest absolute Gasteiger partial charge is 0.265 e. The number of rotatable bonds is 4. The average Bonchev–Trinajstić information content (AvgIpc) is 2.59. The molecule has 0 saturated carbocycles. The predicted molar refractivity (Wildman–Crippen MR) is 91.9 cm³/mol. The van der Waals surface area contributed by atoms with Gasteiger partial charge in [0.1, 0.15) is 23.7 Å². The standard InChI is InChI=1S/C19H20O6/c20-15-6-3-4-13(10-15)8-9-14-5-1-2-7-16(14)25-19(23)17(21)11-24-12-18(19)22/h1-10,17-18,20-23H,11-12H2/b9-8+. The maximum Gasteiger partial charge on any atom is 0.265 e. The second-order valence-electron chi connectivity index (χ2n) is 5.89. The fourth-order valence-corrected chi connectivity index (χ4v) is 2.59. The van der Waals surface area contributed by atoms with Crippen molar-refractivity contribution in [2.24, 2.45) is 0 Å². The highest BCUT2D eigenvalue weighted by Gasteiger charge is 2.49. The van der Waals surface area contributed by atoms with E-state index in [0.717, 1.165) is 5.56 Å². The molecule has 0 bridgehead atoms. The normalized spacial score (nSPS) is 26.7. The lowest BCUT2D eigenvalue weighted by Gasteiger charge is -2.40. The molecule has 2 atom stereocenters. The summed E-state index contributed by atoms with van der Waals surface area (Å²) in [5.74, 6) is -1.68. The topological polar surface area (TPSA) is 99.4 Å². The van der Waals surface area contributed by atoms with Gasteiger partial charge in [-0.25, -0.2) is 0 Å². The number of hydrogen-bond donors (Lipinski definition) is 4. The zero-order valence-electron chi connectivity index (χ0n) is 13.4. The molecule has 6 nitrogen and oxygen atoms in total. The molecule has 132 valence electrons. The molecule has 0 aliphatic carbocycles. The van der Waals surface area contributed by atoms with E-state index in [1.807, 2.05) is 6.07 Å². The van der Waals surface area contributed by atoms with Crippen molar-refractivity contribution in [1.29, 1.82) is 0 Å². The van der Waals surface area contributed by atoms with Gasteiger partial charge in [-0.1, -0.05) is 42.5 Å². The Kier molecular flexibility index (Phi) is 5.06. The lowest BCUT2D eigenvalue weighted by atomic mass is 10.0. The summed E-state index contributed by atoms with van der Waals surface area (Å²) in [6.45, 7) is -0.260. The monoisotopic (exact) mass is 344 g/mol. The van der Waals surface area contributed by atoms with Gasteiger partial charge in [-0.3, -0.25) is 0 Å². The van der Waals surface area contributed by atoms with Crippen LogP contribution in [0.4, 0.5) is 0 Å². The van der Waals surface area contributed by atoms with E-state index < -0.39 is 18.0 Å². The Balaban J connectivity index is 1.86. The molecule has 1 aliphatic heterocycles. The van der Waals surface area contributed by atoms with Gasteiger partial charge in [0.05, 0.1) is 13.2 Å². The van der Waals surface area contributed by atoms with Crippen molar-refractivity contribution < 1.29 is 29.9 Å². The Morgan fingerprint density at radius 2 is 1.72 bits per heavy atom. The molecule has 1 heterocycles. The van der Waals surface area contributed by atoms with Crippen LogP contribution in [0.15, 0.2) is 48.5 Å². The first-order valence-electron chi connectivity index (χ1n) is 7.90. The van der Waals surface area contributed by atoms with Crippen LogP contribution in [0, 0.1) is 0 Å². The summed E-state index contributed by atoms with van der Waals surface area (Å²) in [6.07, 6.45) is 0.785. The van der Waals surface area contributed by atoms with Gasteiger partial charge in [0.25, 0.3) is 5.79 Å². The molecule has 2 aromatic carbocycles. The highest BCUT2D eigenvalue weighted by Crippen LogP contribution is 2.30. The number of ether oxygens (including phenoxy) is 2. The van der Waals surface area contributed by atoms with Crippen molar-refractivity contribution in [2.75, 3.05) is 13.2 Å². The molecule has 0 radical (unpaired) electrons. The van der Waals surface area contributed by atoms with Crippen LogP contribution < -0.4 is 4.74 Å². The quantitative estimate of drug-likeness (QED) is 0.494.